The second kappa shape index (κ2) is 7.95. The molecule has 0 saturated heterocycles. The molecular formula is C13H15F3N2O3S. The molecule has 0 atom stereocenters. The van der Waals surface area contributed by atoms with Crippen molar-refractivity contribution < 1.29 is 26.4 Å². The van der Waals surface area contributed by atoms with Crippen LogP contribution in [0.3, 0.4) is 0 Å². The zero-order valence-electron chi connectivity index (χ0n) is 11.4. The van der Waals surface area contributed by atoms with Crippen molar-refractivity contribution in [3.63, 3.8) is 0 Å². The van der Waals surface area contributed by atoms with Gasteiger partial charge in [-0.2, -0.15) is 13.2 Å². The van der Waals surface area contributed by atoms with Gasteiger partial charge in [0.15, 0.2) is 0 Å². The molecule has 2 N–H and O–H groups in total. The molecule has 1 aromatic carbocycles. The van der Waals surface area contributed by atoms with Crippen molar-refractivity contribution in [1.82, 2.24) is 10.0 Å². The standard InChI is InChI=1S/C13H15F3N2O3S/c14-13(15,16)10-17-12(19)6-8-18-22(20,21)9-7-11-4-2-1-3-5-11/h1-5,7,9,18H,6,8,10H2,(H,17,19). The molecule has 0 radical (unpaired) electrons. The SMILES string of the molecule is O=C(CCNS(=O)(=O)C=Cc1ccccc1)NCC(F)(F)F. The first-order chi connectivity index (χ1) is 10.2. The highest BCUT2D eigenvalue weighted by Crippen LogP contribution is 2.12. The summed E-state index contributed by atoms with van der Waals surface area (Å²) in [6, 6.07) is 8.67. The molecule has 0 heterocycles. The first kappa shape index (κ1) is 18.2. The molecule has 0 aromatic heterocycles. The largest absolute Gasteiger partial charge is 0.405 e. The molecule has 0 aliphatic rings. The predicted molar refractivity (Wildman–Crippen MR) is 76.1 cm³/mol. The molecule has 0 spiro atoms. The Morgan fingerprint density at radius 1 is 1.18 bits per heavy atom. The van der Waals surface area contributed by atoms with E-state index in [0.29, 0.717) is 5.56 Å². The third-order valence-corrected chi connectivity index (χ3v) is 3.48. The summed E-state index contributed by atoms with van der Waals surface area (Å²) in [5.41, 5.74) is 0.677. The minimum atomic E-state index is -4.49. The van der Waals surface area contributed by atoms with Crippen molar-refractivity contribution in [1.29, 1.82) is 0 Å². The van der Waals surface area contributed by atoms with Crippen molar-refractivity contribution >= 4 is 22.0 Å². The number of amides is 1. The summed E-state index contributed by atoms with van der Waals surface area (Å²) in [5, 5.41) is 2.58. The van der Waals surface area contributed by atoms with E-state index in [4.69, 9.17) is 0 Å². The molecular weight excluding hydrogens is 321 g/mol. The maximum absolute atomic E-state index is 11.9. The van der Waals surface area contributed by atoms with E-state index in [1.807, 2.05) is 0 Å². The van der Waals surface area contributed by atoms with Gasteiger partial charge < -0.3 is 5.32 Å². The summed E-state index contributed by atoms with van der Waals surface area (Å²) < 4.78 is 60.8. The Morgan fingerprint density at radius 3 is 2.41 bits per heavy atom. The Balaban J connectivity index is 2.37. The smallest absolute Gasteiger partial charge is 0.347 e. The fraction of sp³-hybridized carbons (Fsp3) is 0.308. The lowest BCUT2D eigenvalue weighted by Crippen LogP contribution is -2.35. The van der Waals surface area contributed by atoms with E-state index in [1.54, 1.807) is 35.6 Å². The lowest BCUT2D eigenvalue weighted by Gasteiger charge is -2.08. The quantitative estimate of drug-likeness (QED) is 0.795. The van der Waals surface area contributed by atoms with E-state index in [2.05, 4.69) is 4.72 Å². The summed E-state index contributed by atoms with van der Waals surface area (Å²) >= 11 is 0. The van der Waals surface area contributed by atoms with Crippen LogP contribution < -0.4 is 10.0 Å². The zero-order chi connectivity index (χ0) is 16.6. The van der Waals surface area contributed by atoms with Crippen molar-refractivity contribution in [3.8, 4) is 0 Å². The van der Waals surface area contributed by atoms with Gasteiger partial charge in [-0.15, -0.1) is 0 Å². The third kappa shape index (κ3) is 8.42. The Bertz CT molecular complexity index is 613. The fourth-order valence-electron chi connectivity index (χ4n) is 1.37. The van der Waals surface area contributed by atoms with Crippen molar-refractivity contribution in [2.45, 2.75) is 12.6 Å². The number of rotatable bonds is 7. The van der Waals surface area contributed by atoms with Crippen LogP contribution in [0.5, 0.6) is 0 Å². The van der Waals surface area contributed by atoms with Crippen LogP contribution in [-0.4, -0.2) is 33.6 Å². The summed E-state index contributed by atoms with van der Waals surface area (Å²) in [6.07, 6.45) is -3.51. The fourth-order valence-corrected chi connectivity index (χ4v) is 2.19. The van der Waals surface area contributed by atoms with Crippen molar-refractivity contribution in [3.05, 3.63) is 41.3 Å². The third-order valence-electron chi connectivity index (χ3n) is 2.38. The lowest BCUT2D eigenvalue weighted by molar-refractivity contribution is -0.138. The first-order valence-corrected chi connectivity index (χ1v) is 7.79. The van der Waals surface area contributed by atoms with Gasteiger partial charge in [-0.3, -0.25) is 4.79 Å². The molecule has 9 heteroatoms. The summed E-state index contributed by atoms with van der Waals surface area (Å²) in [5.74, 6) is -0.882. The van der Waals surface area contributed by atoms with Crippen molar-refractivity contribution in [2.75, 3.05) is 13.1 Å². The predicted octanol–water partition coefficient (Wildman–Crippen LogP) is 1.65. The monoisotopic (exact) mass is 336 g/mol. The first-order valence-electron chi connectivity index (χ1n) is 6.24. The number of sulfonamides is 1. The van der Waals surface area contributed by atoms with E-state index in [1.165, 1.54) is 6.08 Å². The number of hydrogen-bond donors (Lipinski definition) is 2. The Labute approximate surface area is 126 Å². The molecule has 0 aliphatic carbocycles. The van der Waals surface area contributed by atoms with Crippen LogP contribution in [0.2, 0.25) is 0 Å². The van der Waals surface area contributed by atoms with Crippen LogP contribution >= 0.6 is 0 Å². The number of carbonyl (C=O) groups excluding carboxylic acids is 1. The van der Waals surface area contributed by atoms with Gasteiger partial charge in [-0.05, 0) is 11.6 Å². The number of halogens is 3. The molecule has 0 bridgehead atoms. The number of hydrogen-bond acceptors (Lipinski definition) is 3. The van der Waals surface area contributed by atoms with E-state index in [-0.39, 0.29) is 13.0 Å². The van der Waals surface area contributed by atoms with E-state index in [0.717, 1.165) is 5.41 Å². The minimum absolute atomic E-state index is 0.287. The average Bonchev–Trinajstić information content (AvgIpc) is 2.43. The van der Waals surface area contributed by atoms with Crippen LogP contribution in [0, 0.1) is 0 Å². The number of carbonyl (C=O) groups is 1. The van der Waals surface area contributed by atoms with Crippen molar-refractivity contribution in [2.24, 2.45) is 0 Å². The lowest BCUT2D eigenvalue weighted by atomic mass is 10.2. The molecule has 1 rings (SSSR count). The van der Waals surface area contributed by atoms with Crippen LogP contribution in [0.15, 0.2) is 35.7 Å². The number of alkyl halides is 3. The minimum Gasteiger partial charge on any atom is -0.347 e. The van der Waals surface area contributed by atoms with Gasteiger partial charge in [0.1, 0.15) is 6.54 Å². The highest BCUT2D eigenvalue weighted by molar-refractivity contribution is 7.92. The van der Waals surface area contributed by atoms with Gasteiger partial charge in [0.25, 0.3) is 0 Å². The van der Waals surface area contributed by atoms with Gasteiger partial charge in [0, 0.05) is 18.4 Å². The second-order valence-corrected chi connectivity index (χ2v) is 5.95. The molecule has 0 unspecified atom stereocenters. The van der Waals surface area contributed by atoms with E-state index >= 15 is 0 Å². The second-order valence-electron chi connectivity index (χ2n) is 4.29. The van der Waals surface area contributed by atoms with Crippen LogP contribution in [0.4, 0.5) is 13.2 Å². The summed E-state index contributed by atoms with van der Waals surface area (Å²) in [6.45, 7) is -1.72. The van der Waals surface area contributed by atoms with Crippen LogP contribution in [0.1, 0.15) is 12.0 Å². The number of benzene rings is 1. The normalized spacial score (nSPS) is 12.5. The van der Waals surface area contributed by atoms with E-state index < -0.39 is 28.7 Å². The summed E-state index contributed by atoms with van der Waals surface area (Å²) in [7, 11) is -3.75. The summed E-state index contributed by atoms with van der Waals surface area (Å²) in [4.78, 5) is 11.1. The molecule has 1 aromatic rings. The Hall–Kier alpha value is -1.87. The molecule has 0 fully saturated rings. The average molecular weight is 336 g/mol. The van der Waals surface area contributed by atoms with Gasteiger partial charge in [-0.1, -0.05) is 30.3 Å². The van der Waals surface area contributed by atoms with Crippen LogP contribution in [0.25, 0.3) is 6.08 Å². The van der Waals surface area contributed by atoms with Gasteiger partial charge >= 0.3 is 6.18 Å². The van der Waals surface area contributed by atoms with E-state index in [9.17, 15) is 26.4 Å². The Morgan fingerprint density at radius 2 is 1.82 bits per heavy atom. The topological polar surface area (TPSA) is 75.3 Å². The molecule has 22 heavy (non-hydrogen) atoms. The van der Waals surface area contributed by atoms with Crippen LogP contribution in [-0.2, 0) is 14.8 Å². The molecule has 0 saturated carbocycles. The molecule has 122 valence electrons. The zero-order valence-corrected chi connectivity index (χ0v) is 12.2. The molecule has 1 amide bonds. The molecule has 5 nitrogen and oxygen atoms in total. The highest BCUT2D eigenvalue weighted by Gasteiger charge is 2.27. The number of nitrogens with one attached hydrogen (secondary N) is 2. The highest BCUT2D eigenvalue weighted by atomic mass is 32.2. The van der Waals surface area contributed by atoms with Gasteiger partial charge in [-0.25, -0.2) is 13.1 Å². The molecule has 0 aliphatic heterocycles. The maximum Gasteiger partial charge on any atom is 0.405 e. The Kier molecular flexibility index (Phi) is 6.57. The van der Waals surface area contributed by atoms with Gasteiger partial charge in [0.05, 0.1) is 0 Å². The maximum atomic E-state index is 11.9. The van der Waals surface area contributed by atoms with Gasteiger partial charge in [0.2, 0.25) is 15.9 Å².